The minimum atomic E-state index is -0.738. The van der Waals surface area contributed by atoms with Crippen LogP contribution in [0.4, 0.5) is 8.78 Å². The number of benzene rings is 1. The van der Waals surface area contributed by atoms with Crippen LogP contribution in [-0.2, 0) is 0 Å². The predicted octanol–water partition coefficient (Wildman–Crippen LogP) is 4.04. The minimum Gasteiger partial charge on any atom is -0.347 e. The molecule has 0 bridgehead atoms. The van der Waals surface area contributed by atoms with Crippen LogP contribution in [0.1, 0.15) is 0 Å². The van der Waals surface area contributed by atoms with Crippen molar-refractivity contribution in [3.63, 3.8) is 0 Å². The molecule has 1 aromatic heterocycles. The van der Waals surface area contributed by atoms with E-state index in [1.54, 1.807) is 0 Å². The highest BCUT2D eigenvalue weighted by Gasteiger charge is 2.20. The highest BCUT2D eigenvalue weighted by Crippen LogP contribution is 2.35. The third-order valence-corrected chi connectivity index (χ3v) is 2.92. The van der Waals surface area contributed by atoms with Gasteiger partial charge in [-0.05, 0) is 28.1 Å². The van der Waals surface area contributed by atoms with E-state index in [1.165, 1.54) is 6.07 Å². The van der Waals surface area contributed by atoms with Gasteiger partial charge < -0.3 is 4.52 Å². The van der Waals surface area contributed by atoms with Crippen LogP contribution in [-0.4, -0.2) is 5.16 Å². The molecule has 0 N–H and O–H groups in total. The maximum absolute atomic E-state index is 13.3. The molecule has 0 aliphatic carbocycles. The van der Waals surface area contributed by atoms with E-state index in [9.17, 15) is 8.78 Å². The van der Waals surface area contributed by atoms with Gasteiger partial charge in [-0.25, -0.2) is 8.78 Å². The van der Waals surface area contributed by atoms with E-state index in [1.807, 2.05) is 0 Å². The Balaban J connectivity index is 2.69. The molecule has 1 aromatic carbocycles. The van der Waals surface area contributed by atoms with E-state index < -0.39 is 11.6 Å². The Labute approximate surface area is 97.0 Å². The molecule has 0 aliphatic heterocycles. The summed E-state index contributed by atoms with van der Waals surface area (Å²) in [5, 5.41) is 3.51. The molecule has 0 spiro atoms. The fourth-order valence-electron chi connectivity index (χ4n) is 1.14. The summed E-state index contributed by atoms with van der Waals surface area (Å²) >= 11 is 8.71. The Hall–Kier alpha value is -0.940. The number of rotatable bonds is 1. The van der Waals surface area contributed by atoms with Crippen molar-refractivity contribution in [1.82, 2.24) is 5.16 Å². The molecule has 0 aliphatic rings. The maximum atomic E-state index is 13.3. The Bertz CT molecular complexity index is 495. The van der Waals surface area contributed by atoms with Gasteiger partial charge in [0, 0.05) is 0 Å². The zero-order valence-electron chi connectivity index (χ0n) is 7.10. The van der Waals surface area contributed by atoms with Crippen LogP contribution in [0.5, 0.6) is 0 Å². The van der Waals surface area contributed by atoms with Crippen molar-refractivity contribution >= 4 is 27.5 Å². The first-order chi connectivity index (χ1) is 7.11. The van der Waals surface area contributed by atoms with Crippen molar-refractivity contribution < 1.29 is 13.3 Å². The molecule has 15 heavy (non-hydrogen) atoms. The largest absolute Gasteiger partial charge is 0.347 e. The van der Waals surface area contributed by atoms with Crippen LogP contribution in [0.25, 0.3) is 11.3 Å². The van der Waals surface area contributed by atoms with Gasteiger partial charge in [0.1, 0.15) is 22.4 Å². The summed E-state index contributed by atoms with van der Waals surface area (Å²) in [7, 11) is 0. The monoisotopic (exact) mass is 293 g/mol. The van der Waals surface area contributed by atoms with Crippen LogP contribution >= 0.6 is 27.5 Å². The van der Waals surface area contributed by atoms with Crippen LogP contribution in [0.3, 0.4) is 0 Å². The Kier molecular flexibility index (Phi) is 2.75. The highest BCUT2D eigenvalue weighted by molar-refractivity contribution is 9.10. The Morgan fingerprint density at radius 3 is 2.33 bits per heavy atom. The molecular weight excluding hydrogens is 291 g/mol. The van der Waals surface area contributed by atoms with Crippen molar-refractivity contribution in [2.24, 2.45) is 0 Å². The molecule has 2 rings (SSSR count). The molecule has 0 amide bonds. The summed E-state index contributed by atoms with van der Waals surface area (Å²) in [4.78, 5) is 0. The quantitative estimate of drug-likeness (QED) is 0.793. The third kappa shape index (κ3) is 1.77. The number of hydrogen-bond donors (Lipinski definition) is 0. The van der Waals surface area contributed by atoms with Gasteiger partial charge in [0.15, 0.2) is 0 Å². The van der Waals surface area contributed by atoms with Crippen LogP contribution in [0.2, 0.25) is 5.02 Å². The van der Waals surface area contributed by atoms with Gasteiger partial charge in [-0.3, -0.25) is 0 Å². The first-order valence-electron chi connectivity index (χ1n) is 3.86. The molecule has 6 heteroatoms. The molecule has 0 fully saturated rings. The number of hydrogen-bond acceptors (Lipinski definition) is 2. The van der Waals surface area contributed by atoms with Crippen molar-refractivity contribution in [3.05, 3.63) is 39.5 Å². The highest BCUT2D eigenvalue weighted by atomic mass is 79.9. The first kappa shape index (κ1) is 10.6. The van der Waals surface area contributed by atoms with E-state index in [4.69, 9.17) is 11.6 Å². The van der Waals surface area contributed by atoms with Crippen molar-refractivity contribution in [3.8, 4) is 11.3 Å². The van der Waals surface area contributed by atoms with E-state index >= 15 is 0 Å². The molecule has 0 saturated heterocycles. The zero-order chi connectivity index (χ0) is 11.0. The molecule has 0 atom stereocenters. The zero-order valence-corrected chi connectivity index (χ0v) is 9.44. The van der Waals surface area contributed by atoms with Gasteiger partial charge in [-0.2, -0.15) is 0 Å². The Morgan fingerprint density at radius 2 is 1.87 bits per heavy atom. The van der Waals surface area contributed by atoms with Gasteiger partial charge in [-0.1, -0.05) is 22.8 Å². The van der Waals surface area contributed by atoms with E-state index in [0.717, 1.165) is 12.1 Å². The van der Waals surface area contributed by atoms with E-state index in [-0.39, 0.29) is 20.9 Å². The van der Waals surface area contributed by atoms with Crippen LogP contribution in [0, 0.1) is 11.6 Å². The maximum Gasteiger partial charge on any atom is 0.221 e. The second-order valence-electron chi connectivity index (χ2n) is 2.72. The molecule has 0 radical (unpaired) electrons. The number of halogens is 4. The summed E-state index contributed by atoms with van der Waals surface area (Å²) in [6, 6.07) is 3.51. The summed E-state index contributed by atoms with van der Waals surface area (Å²) < 4.78 is 31.5. The lowest BCUT2D eigenvalue weighted by atomic mass is 10.1. The second kappa shape index (κ2) is 3.90. The number of aromatic nitrogens is 1. The van der Waals surface area contributed by atoms with Gasteiger partial charge in [0.05, 0.1) is 5.56 Å². The van der Waals surface area contributed by atoms with Crippen LogP contribution in [0.15, 0.2) is 27.4 Å². The predicted molar refractivity (Wildman–Crippen MR) is 54.6 cm³/mol. The lowest BCUT2D eigenvalue weighted by molar-refractivity contribution is 0.401. The van der Waals surface area contributed by atoms with Crippen molar-refractivity contribution in [2.45, 2.75) is 0 Å². The fourth-order valence-corrected chi connectivity index (χ4v) is 1.56. The fraction of sp³-hybridized carbons (Fsp3) is 0. The van der Waals surface area contributed by atoms with Gasteiger partial charge in [0.2, 0.25) is 4.67 Å². The van der Waals surface area contributed by atoms with Gasteiger partial charge >= 0.3 is 0 Å². The normalized spacial score (nSPS) is 10.7. The molecule has 2 nitrogen and oxygen atoms in total. The van der Waals surface area contributed by atoms with Crippen molar-refractivity contribution in [1.29, 1.82) is 0 Å². The standard InChI is InChI=1S/C9H3BrClF2NO/c10-9-7(11)8(14-15-9)6-4(12)2-1-3-5(6)13/h1-3H. The lowest BCUT2D eigenvalue weighted by Gasteiger charge is -2.00. The van der Waals surface area contributed by atoms with E-state index in [2.05, 4.69) is 25.6 Å². The van der Waals surface area contributed by atoms with Crippen molar-refractivity contribution in [2.75, 3.05) is 0 Å². The molecule has 0 unspecified atom stereocenters. The summed E-state index contributed by atoms with van der Waals surface area (Å²) in [5.74, 6) is -1.48. The van der Waals surface area contributed by atoms with Gasteiger partial charge in [0.25, 0.3) is 0 Å². The SMILES string of the molecule is Fc1cccc(F)c1-c1noc(Br)c1Cl. The smallest absolute Gasteiger partial charge is 0.221 e. The Morgan fingerprint density at radius 1 is 1.27 bits per heavy atom. The molecule has 2 aromatic rings. The lowest BCUT2D eigenvalue weighted by Crippen LogP contribution is -1.89. The minimum absolute atomic E-state index is 0.0407. The molecule has 1 heterocycles. The summed E-state index contributed by atoms with van der Waals surface area (Å²) in [6.07, 6.45) is 0. The number of nitrogens with zero attached hydrogens (tertiary/aromatic N) is 1. The molecule has 0 saturated carbocycles. The summed E-state index contributed by atoms with van der Waals surface area (Å²) in [6.45, 7) is 0. The third-order valence-electron chi connectivity index (χ3n) is 1.80. The molecular formula is C9H3BrClF2NO. The van der Waals surface area contributed by atoms with Gasteiger partial charge in [-0.15, -0.1) is 0 Å². The first-order valence-corrected chi connectivity index (χ1v) is 5.03. The topological polar surface area (TPSA) is 26.0 Å². The van der Waals surface area contributed by atoms with Crippen LogP contribution < -0.4 is 0 Å². The average molecular weight is 294 g/mol. The van der Waals surface area contributed by atoms with E-state index in [0.29, 0.717) is 0 Å². The average Bonchev–Trinajstić information content (AvgIpc) is 2.49. The summed E-state index contributed by atoms with van der Waals surface area (Å²) in [5.41, 5.74) is -0.351. The second-order valence-corrected chi connectivity index (χ2v) is 3.81. The molecule has 78 valence electrons.